The second kappa shape index (κ2) is 5.66. The van der Waals surface area contributed by atoms with Crippen LogP contribution < -0.4 is 0 Å². The van der Waals surface area contributed by atoms with E-state index in [0.29, 0.717) is 5.56 Å². The number of carbonyl (C=O) groups is 1. The maximum absolute atomic E-state index is 11.4. The van der Waals surface area contributed by atoms with Crippen molar-refractivity contribution in [3.63, 3.8) is 0 Å². The minimum Gasteiger partial charge on any atom is -0.464 e. The maximum atomic E-state index is 11.4. The second-order valence-electron chi connectivity index (χ2n) is 3.69. The molecule has 0 amide bonds. The van der Waals surface area contributed by atoms with Gasteiger partial charge in [-0.2, -0.15) is 0 Å². The van der Waals surface area contributed by atoms with E-state index in [1.165, 1.54) is 5.56 Å². The van der Waals surface area contributed by atoms with Gasteiger partial charge in [-0.3, -0.25) is 0 Å². The lowest BCUT2D eigenvalue weighted by Gasteiger charge is -2.12. The van der Waals surface area contributed by atoms with Crippen LogP contribution in [0.4, 0.5) is 0 Å². The van der Waals surface area contributed by atoms with Gasteiger partial charge in [-0.15, -0.1) is 0 Å². The van der Waals surface area contributed by atoms with Crippen LogP contribution in [0.2, 0.25) is 0 Å². The largest absolute Gasteiger partial charge is 0.464 e. The molecule has 1 atom stereocenters. The van der Waals surface area contributed by atoms with Gasteiger partial charge in [-0.05, 0) is 37.0 Å². The molecule has 1 N–H and O–H groups in total. The molecular formula is C13H18O3. The van der Waals surface area contributed by atoms with Crippen LogP contribution >= 0.6 is 0 Å². The number of aliphatic hydroxyl groups excluding tert-OH is 1. The molecule has 0 aliphatic heterocycles. The number of carbonyl (C=O) groups excluding carboxylic acids is 1. The average Bonchev–Trinajstić information content (AvgIpc) is 2.29. The van der Waals surface area contributed by atoms with Crippen molar-refractivity contribution in [1.82, 2.24) is 0 Å². The van der Waals surface area contributed by atoms with Crippen LogP contribution in [0.1, 0.15) is 36.6 Å². The quantitative estimate of drug-likeness (QED) is 0.794. The molecule has 1 unspecified atom stereocenters. The van der Waals surface area contributed by atoms with Gasteiger partial charge in [0, 0.05) is 0 Å². The minimum atomic E-state index is -1.18. The predicted octanol–water partition coefficient (Wildman–Crippen LogP) is 2.15. The molecular weight excluding hydrogens is 204 g/mol. The molecule has 0 spiro atoms. The lowest BCUT2D eigenvalue weighted by molar-refractivity contribution is -0.153. The Morgan fingerprint density at radius 1 is 1.44 bits per heavy atom. The highest BCUT2D eigenvalue weighted by molar-refractivity contribution is 5.76. The molecule has 1 rings (SSSR count). The predicted molar refractivity (Wildman–Crippen MR) is 62.1 cm³/mol. The van der Waals surface area contributed by atoms with E-state index < -0.39 is 12.1 Å². The summed E-state index contributed by atoms with van der Waals surface area (Å²) in [5.41, 5.74) is 2.91. The third-order valence-corrected chi connectivity index (χ3v) is 2.58. The molecule has 1 aromatic carbocycles. The number of hydrogen-bond acceptors (Lipinski definition) is 3. The summed E-state index contributed by atoms with van der Waals surface area (Å²) in [6.07, 6.45) is -0.291. The molecule has 0 aromatic heterocycles. The third kappa shape index (κ3) is 2.83. The fourth-order valence-corrected chi connectivity index (χ4v) is 1.60. The highest BCUT2D eigenvalue weighted by Gasteiger charge is 2.18. The molecule has 0 aliphatic rings. The summed E-state index contributed by atoms with van der Waals surface area (Å²) < 4.78 is 4.77. The van der Waals surface area contributed by atoms with Gasteiger partial charge in [-0.25, -0.2) is 4.79 Å². The summed E-state index contributed by atoms with van der Waals surface area (Å²) in [5.74, 6) is -0.589. The fraction of sp³-hybridized carbons (Fsp3) is 0.462. The molecule has 16 heavy (non-hydrogen) atoms. The number of ether oxygens (including phenoxy) is 1. The van der Waals surface area contributed by atoms with Crippen molar-refractivity contribution >= 4 is 5.97 Å². The third-order valence-electron chi connectivity index (χ3n) is 2.58. The number of esters is 1. The van der Waals surface area contributed by atoms with Crippen molar-refractivity contribution in [2.75, 3.05) is 6.61 Å². The monoisotopic (exact) mass is 222 g/mol. The molecule has 88 valence electrons. The van der Waals surface area contributed by atoms with Crippen LogP contribution in [-0.2, 0) is 16.0 Å². The smallest absolute Gasteiger partial charge is 0.339 e. The van der Waals surface area contributed by atoms with Crippen molar-refractivity contribution < 1.29 is 14.6 Å². The Kier molecular flexibility index (Phi) is 4.50. The normalized spacial score (nSPS) is 12.2. The van der Waals surface area contributed by atoms with Gasteiger partial charge in [0.25, 0.3) is 0 Å². The van der Waals surface area contributed by atoms with Crippen LogP contribution in [0.5, 0.6) is 0 Å². The van der Waals surface area contributed by atoms with Gasteiger partial charge in [-0.1, -0.05) is 25.1 Å². The summed E-state index contributed by atoms with van der Waals surface area (Å²) in [6.45, 7) is 6.06. The lowest BCUT2D eigenvalue weighted by Crippen LogP contribution is -2.15. The molecule has 0 fully saturated rings. The van der Waals surface area contributed by atoms with Gasteiger partial charge < -0.3 is 9.84 Å². The Morgan fingerprint density at radius 2 is 2.12 bits per heavy atom. The summed E-state index contributed by atoms with van der Waals surface area (Å²) in [5, 5.41) is 9.76. The first-order chi connectivity index (χ1) is 7.60. The maximum Gasteiger partial charge on any atom is 0.339 e. The Labute approximate surface area is 96.1 Å². The molecule has 0 bridgehead atoms. The Bertz CT molecular complexity index is 371. The Morgan fingerprint density at radius 3 is 2.69 bits per heavy atom. The number of aryl methyl sites for hydroxylation is 2. The molecule has 0 saturated heterocycles. The van der Waals surface area contributed by atoms with Crippen LogP contribution in [0.25, 0.3) is 0 Å². The van der Waals surface area contributed by atoms with E-state index in [9.17, 15) is 9.90 Å². The van der Waals surface area contributed by atoms with E-state index in [0.717, 1.165) is 12.0 Å². The summed E-state index contributed by atoms with van der Waals surface area (Å²) in [7, 11) is 0. The van der Waals surface area contributed by atoms with Crippen LogP contribution in [0.15, 0.2) is 18.2 Å². The van der Waals surface area contributed by atoms with Crippen molar-refractivity contribution in [2.45, 2.75) is 33.3 Å². The number of benzene rings is 1. The van der Waals surface area contributed by atoms with E-state index >= 15 is 0 Å². The van der Waals surface area contributed by atoms with Gasteiger partial charge in [0.2, 0.25) is 0 Å². The molecule has 3 heteroatoms. The van der Waals surface area contributed by atoms with E-state index in [2.05, 4.69) is 0 Å². The molecule has 0 heterocycles. The Hall–Kier alpha value is -1.35. The molecule has 1 aromatic rings. The van der Waals surface area contributed by atoms with E-state index in [-0.39, 0.29) is 6.61 Å². The van der Waals surface area contributed by atoms with Crippen LogP contribution in [0, 0.1) is 6.92 Å². The minimum absolute atomic E-state index is 0.280. The van der Waals surface area contributed by atoms with Crippen molar-refractivity contribution in [3.05, 3.63) is 34.9 Å². The van der Waals surface area contributed by atoms with Gasteiger partial charge >= 0.3 is 5.97 Å². The van der Waals surface area contributed by atoms with Crippen LogP contribution in [-0.4, -0.2) is 17.7 Å². The zero-order chi connectivity index (χ0) is 12.1. The average molecular weight is 222 g/mol. The van der Waals surface area contributed by atoms with E-state index in [1.807, 2.05) is 26.0 Å². The van der Waals surface area contributed by atoms with Crippen molar-refractivity contribution in [2.24, 2.45) is 0 Å². The first-order valence-electron chi connectivity index (χ1n) is 5.54. The standard InChI is InChI=1S/C13H18O3/c1-4-10-8-11(7-6-9(10)3)12(14)13(15)16-5-2/h6-8,12,14H,4-5H2,1-3H3. The molecule has 0 aliphatic carbocycles. The van der Waals surface area contributed by atoms with E-state index in [4.69, 9.17) is 4.74 Å². The number of rotatable bonds is 4. The van der Waals surface area contributed by atoms with Crippen LogP contribution in [0.3, 0.4) is 0 Å². The van der Waals surface area contributed by atoms with Gasteiger partial charge in [0.15, 0.2) is 6.10 Å². The van der Waals surface area contributed by atoms with Crippen molar-refractivity contribution in [1.29, 1.82) is 0 Å². The molecule has 0 radical (unpaired) electrons. The highest BCUT2D eigenvalue weighted by Crippen LogP contribution is 2.19. The SMILES string of the molecule is CCOC(=O)C(O)c1ccc(C)c(CC)c1. The summed E-state index contributed by atoms with van der Waals surface area (Å²) >= 11 is 0. The summed E-state index contributed by atoms with van der Waals surface area (Å²) in [4.78, 5) is 11.4. The zero-order valence-corrected chi connectivity index (χ0v) is 9.99. The molecule has 0 saturated carbocycles. The highest BCUT2D eigenvalue weighted by atomic mass is 16.5. The topological polar surface area (TPSA) is 46.5 Å². The zero-order valence-electron chi connectivity index (χ0n) is 9.99. The van der Waals surface area contributed by atoms with Gasteiger partial charge in [0.1, 0.15) is 0 Å². The number of aliphatic hydroxyl groups is 1. The van der Waals surface area contributed by atoms with Gasteiger partial charge in [0.05, 0.1) is 6.61 Å². The Balaban J connectivity index is 2.91. The molecule has 3 nitrogen and oxygen atoms in total. The number of hydrogen-bond donors (Lipinski definition) is 1. The second-order valence-corrected chi connectivity index (χ2v) is 3.69. The first kappa shape index (κ1) is 12.7. The lowest BCUT2D eigenvalue weighted by atomic mass is 10.0. The van der Waals surface area contributed by atoms with E-state index in [1.54, 1.807) is 13.0 Å². The fourth-order valence-electron chi connectivity index (χ4n) is 1.60. The first-order valence-corrected chi connectivity index (χ1v) is 5.54. The summed E-state index contributed by atoms with van der Waals surface area (Å²) in [6, 6.07) is 5.53. The van der Waals surface area contributed by atoms with Crippen molar-refractivity contribution in [3.8, 4) is 0 Å².